The number of hydrogen-bond donors (Lipinski definition) is 1. The van der Waals surface area contributed by atoms with Crippen molar-refractivity contribution in [1.29, 1.82) is 0 Å². The first-order valence-corrected chi connectivity index (χ1v) is 7.79. The topological polar surface area (TPSA) is 77.2 Å². The summed E-state index contributed by atoms with van der Waals surface area (Å²) < 4.78 is 24.5. The predicted octanol–water partition coefficient (Wildman–Crippen LogP) is 2.02. The van der Waals surface area contributed by atoms with Gasteiger partial charge in [0.2, 0.25) is 5.91 Å². The summed E-state index contributed by atoms with van der Waals surface area (Å²) >= 11 is 0. The van der Waals surface area contributed by atoms with Crippen LogP contribution >= 0.6 is 0 Å². The van der Waals surface area contributed by atoms with Crippen molar-refractivity contribution < 1.29 is 13.2 Å². The lowest BCUT2D eigenvalue weighted by atomic mass is 9.87. The first-order chi connectivity index (χ1) is 8.60. The molecule has 0 spiro atoms. The van der Waals surface area contributed by atoms with Crippen molar-refractivity contribution in [3.05, 3.63) is 29.8 Å². The van der Waals surface area contributed by atoms with Crippen molar-refractivity contribution in [2.75, 3.05) is 0 Å². The summed E-state index contributed by atoms with van der Waals surface area (Å²) in [6.45, 7) is 7.79. The molecule has 4 nitrogen and oxygen atoms in total. The van der Waals surface area contributed by atoms with Gasteiger partial charge in [0.25, 0.3) is 0 Å². The fourth-order valence-electron chi connectivity index (χ4n) is 1.88. The van der Waals surface area contributed by atoms with E-state index in [0.29, 0.717) is 0 Å². The number of carbonyl (C=O) groups is 1. The van der Waals surface area contributed by atoms with E-state index in [9.17, 15) is 13.2 Å². The van der Waals surface area contributed by atoms with Gasteiger partial charge in [-0.05, 0) is 29.5 Å². The molecule has 0 saturated carbocycles. The molecule has 1 atom stereocenters. The molecule has 1 unspecified atom stereocenters. The molecule has 2 N–H and O–H groups in total. The highest BCUT2D eigenvalue weighted by Crippen LogP contribution is 2.25. The Morgan fingerprint density at radius 3 is 2.00 bits per heavy atom. The quantitative estimate of drug-likeness (QED) is 0.918. The Balaban J connectivity index is 3.20. The third-order valence-electron chi connectivity index (χ3n) is 3.11. The average Bonchev–Trinajstić information content (AvgIpc) is 2.28. The Bertz CT molecular complexity index is 553. The van der Waals surface area contributed by atoms with Crippen LogP contribution in [0, 0.1) is 0 Å². The van der Waals surface area contributed by atoms with Gasteiger partial charge in [-0.1, -0.05) is 39.8 Å². The molecular formula is C14H21NO3S. The number of carbonyl (C=O) groups excluding carboxylic acids is 1. The van der Waals surface area contributed by atoms with Gasteiger partial charge in [-0.2, -0.15) is 0 Å². The van der Waals surface area contributed by atoms with Crippen LogP contribution < -0.4 is 5.73 Å². The van der Waals surface area contributed by atoms with Gasteiger partial charge in [0, 0.05) is 0 Å². The van der Waals surface area contributed by atoms with Crippen molar-refractivity contribution in [2.24, 2.45) is 5.73 Å². The number of rotatable bonds is 4. The van der Waals surface area contributed by atoms with E-state index in [1.807, 2.05) is 0 Å². The maximum Gasteiger partial charge on any atom is 0.236 e. The zero-order valence-corrected chi connectivity index (χ0v) is 12.6. The highest BCUT2D eigenvalue weighted by molar-refractivity contribution is 7.92. The molecule has 1 aromatic carbocycles. The molecule has 0 aliphatic heterocycles. The molecule has 19 heavy (non-hydrogen) atoms. The molecule has 0 saturated heterocycles. The summed E-state index contributed by atoms with van der Waals surface area (Å²) in [6.07, 6.45) is 0.179. The van der Waals surface area contributed by atoms with Gasteiger partial charge in [0.15, 0.2) is 9.84 Å². The lowest BCUT2D eigenvalue weighted by Crippen LogP contribution is -2.35. The Labute approximate surface area is 114 Å². The Kier molecular flexibility index (Phi) is 4.40. The standard InChI is InChI=1S/C14H21NO3S/c1-5-12(13(15)16)19(17,18)11-8-6-10(7-9-11)14(2,3)4/h6-9,12H,5H2,1-4H3,(H2,15,16). The second-order valence-electron chi connectivity index (χ2n) is 5.62. The predicted molar refractivity (Wildman–Crippen MR) is 75.6 cm³/mol. The van der Waals surface area contributed by atoms with Crippen LogP contribution in [0.2, 0.25) is 0 Å². The van der Waals surface area contributed by atoms with E-state index in [4.69, 9.17) is 5.73 Å². The third-order valence-corrected chi connectivity index (χ3v) is 5.36. The van der Waals surface area contributed by atoms with Crippen LogP contribution in [0.3, 0.4) is 0 Å². The summed E-state index contributed by atoms with van der Waals surface area (Å²) in [6, 6.07) is 6.64. The smallest absolute Gasteiger partial charge is 0.236 e. The SMILES string of the molecule is CCC(C(N)=O)S(=O)(=O)c1ccc(C(C)(C)C)cc1. The maximum absolute atomic E-state index is 12.3. The lowest BCUT2D eigenvalue weighted by molar-refractivity contribution is -0.117. The number of primary amides is 1. The fourth-order valence-corrected chi connectivity index (χ4v) is 3.47. The van der Waals surface area contributed by atoms with Crippen molar-refractivity contribution in [2.45, 2.75) is 49.7 Å². The number of hydrogen-bond acceptors (Lipinski definition) is 3. The maximum atomic E-state index is 12.3. The summed E-state index contributed by atoms with van der Waals surface area (Å²) in [5.74, 6) is -0.803. The number of benzene rings is 1. The summed E-state index contributed by atoms with van der Waals surface area (Å²) in [5.41, 5.74) is 6.15. The Morgan fingerprint density at radius 2 is 1.68 bits per heavy atom. The van der Waals surface area contributed by atoms with Crippen LogP contribution in [0.1, 0.15) is 39.7 Å². The summed E-state index contributed by atoms with van der Waals surface area (Å²) in [5, 5.41) is -1.16. The number of amides is 1. The molecule has 0 aliphatic rings. The average molecular weight is 283 g/mol. The van der Waals surface area contributed by atoms with Crippen LogP contribution in [-0.4, -0.2) is 19.6 Å². The fraction of sp³-hybridized carbons (Fsp3) is 0.500. The largest absolute Gasteiger partial charge is 0.369 e. The van der Waals surface area contributed by atoms with Gasteiger partial charge in [-0.3, -0.25) is 4.79 Å². The molecule has 0 fully saturated rings. The van der Waals surface area contributed by atoms with Crippen molar-refractivity contribution in [3.8, 4) is 0 Å². The van der Waals surface area contributed by atoms with E-state index in [0.717, 1.165) is 5.56 Å². The molecule has 0 bridgehead atoms. The molecule has 1 aromatic rings. The van der Waals surface area contributed by atoms with Crippen molar-refractivity contribution in [3.63, 3.8) is 0 Å². The Morgan fingerprint density at radius 1 is 1.21 bits per heavy atom. The normalized spacial score (nSPS) is 14.1. The summed E-state index contributed by atoms with van der Waals surface area (Å²) in [4.78, 5) is 11.4. The molecular weight excluding hydrogens is 262 g/mol. The molecule has 0 radical (unpaired) electrons. The zero-order chi connectivity index (χ0) is 14.8. The van der Waals surface area contributed by atoms with Gasteiger partial charge in [-0.25, -0.2) is 8.42 Å². The number of nitrogens with two attached hydrogens (primary N) is 1. The van der Waals surface area contributed by atoms with Crippen molar-refractivity contribution >= 4 is 15.7 Å². The number of sulfone groups is 1. The van der Waals surface area contributed by atoms with Crippen LogP contribution in [0.15, 0.2) is 29.2 Å². The minimum atomic E-state index is -3.69. The van der Waals surface area contributed by atoms with Gasteiger partial charge in [0.05, 0.1) is 4.90 Å². The highest BCUT2D eigenvalue weighted by Gasteiger charge is 2.30. The lowest BCUT2D eigenvalue weighted by Gasteiger charge is -2.19. The highest BCUT2D eigenvalue weighted by atomic mass is 32.2. The van der Waals surface area contributed by atoms with Gasteiger partial charge < -0.3 is 5.73 Å². The molecule has 0 aliphatic carbocycles. The van der Waals surface area contributed by atoms with Gasteiger partial charge in [0.1, 0.15) is 5.25 Å². The van der Waals surface area contributed by atoms with Crippen LogP contribution in [0.5, 0.6) is 0 Å². The molecule has 1 amide bonds. The van der Waals surface area contributed by atoms with Crippen LogP contribution in [0.4, 0.5) is 0 Å². The monoisotopic (exact) mass is 283 g/mol. The first kappa shape index (κ1) is 15.7. The van der Waals surface area contributed by atoms with E-state index in [1.54, 1.807) is 31.2 Å². The minimum absolute atomic E-state index is 0.0455. The van der Waals surface area contributed by atoms with E-state index < -0.39 is 21.0 Å². The molecule has 5 heteroatoms. The Hall–Kier alpha value is -1.36. The van der Waals surface area contributed by atoms with E-state index in [-0.39, 0.29) is 16.7 Å². The first-order valence-electron chi connectivity index (χ1n) is 6.24. The van der Waals surface area contributed by atoms with Gasteiger partial charge in [-0.15, -0.1) is 0 Å². The second-order valence-corrected chi connectivity index (χ2v) is 7.75. The molecule has 106 valence electrons. The van der Waals surface area contributed by atoms with Gasteiger partial charge >= 0.3 is 0 Å². The van der Waals surface area contributed by atoms with E-state index in [1.165, 1.54) is 0 Å². The minimum Gasteiger partial charge on any atom is -0.369 e. The van der Waals surface area contributed by atoms with Crippen LogP contribution in [0.25, 0.3) is 0 Å². The third kappa shape index (κ3) is 3.35. The van der Waals surface area contributed by atoms with Crippen LogP contribution in [-0.2, 0) is 20.0 Å². The molecule has 0 heterocycles. The van der Waals surface area contributed by atoms with Crippen molar-refractivity contribution in [1.82, 2.24) is 0 Å². The second kappa shape index (κ2) is 5.33. The van der Waals surface area contributed by atoms with E-state index in [2.05, 4.69) is 20.8 Å². The zero-order valence-electron chi connectivity index (χ0n) is 11.8. The molecule has 1 rings (SSSR count). The summed E-state index contributed by atoms with van der Waals surface area (Å²) in [7, 11) is -3.69. The van der Waals surface area contributed by atoms with E-state index >= 15 is 0 Å². The molecule has 0 aromatic heterocycles.